The fraction of sp³-hybridized carbons (Fsp3) is 0.200. The third-order valence-corrected chi connectivity index (χ3v) is 1.90. The number of carbonyl (C=O) groups excluding carboxylic acids is 1. The number of benzene rings is 1. The van der Waals surface area contributed by atoms with E-state index in [1.54, 1.807) is 0 Å². The Morgan fingerprint density at radius 3 is 2.64 bits per heavy atom. The number of Topliss-reactive ketones (excluding diaryl/α,β-unsaturated/α-hetero) is 1. The van der Waals surface area contributed by atoms with Crippen LogP contribution in [0.4, 0.5) is 5.69 Å². The first-order valence-electron chi connectivity index (χ1n) is 3.99. The number of anilines is 1. The molecule has 4 heteroatoms. The molecular formula is C10H10N2O2. The first kappa shape index (κ1) is 10.1. The van der Waals surface area contributed by atoms with Gasteiger partial charge in [-0.25, -0.2) is 0 Å². The van der Waals surface area contributed by atoms with E-state index in [4.69, 9.17) is 15.7 Å². The predicted octanol–water partition coefficient (Wildman–Crippen LogP) is 1.35. The standard InChI is InChI=1S/C10H10N2O2/c1-6(13)8-4-3-7(5-11)9(12)10(8)14-2/h3-4H,12H2,1-2H3. The van der Waals surface area contributed by atoms with Crippen LogP contribution in [0, 0.1) is 11.3 Å². The Morgan fingerprint density at radius 1 is 1.57 bits per heavy atom. The van der Waals surface area contributed by atoms with E-state index < -0.39 is 0 Å². The number of nitrogens with zero attached hydrogens (tertiary/aromatic N) is 1. The molecule has 0 saturated carbocycles. The number of nitrogen functional groups attached to an aromatic ring is 1. The highest BCUT2D eigenvalue weighted by molar-refractivity contribution is 5.99. The van der Waals surface area contributed by atoms with E-state index in [-0.39, 0.29) is 17.2 Å². The molecule has 0 bridgehead atoms. The Bertz CT molecular complexity index is 419. The van der Waals surface area contributed by atoms with Gasteiger partial charge >= 0.3 is 0 Å². The van der Waals surface area contributed by atoms with Gasteiger partial charge < -0.3 is 10.5 Å². The van der Waals surface area contributed by atoms with Gasteiger partial charge in [-0.15, -0.1) is 0 Å². The average molecular weight is 190 g/mol. The van der Waals surface area contributed by atoms with Crippen molar-refractivity contribution in [3.63, 3.8) is 0 Å². The molecule has 1 rings (SSSR count). The largest absolute Gasteiger partial charge is 0.494 e. The van der Waals surface area contributed by atoms with Crippen molar-refractivity contribution in [2.45, 2.75) is 6.92 Å². The maximum Gasteiger partial charge on any atom is 0.163 e. The van der Waals surface area contributed by atoms with Crippen LogP contribution in [-0.2, 0) is 0 Å². The summed E-state index contributed by atoms with van der Waals surface area (Å²) in [6.45, 7) is 1.42. The second-order valence-corrected chi connectivity index (χ2v) is 2.78. The molecule has 0 fully saturated rings. The number of methoxy groups -OCH3 is 1. The number of nitrogens with two attached hydrogens (primary N) is 1. The van der Waals surface area contributed by atoms with Crippen molar-refractivity contribution in [3.05, 3.63) is 23.3 Å². The Balaban J connectivity index is 3.45. The minimum Gasteiger partial charge on any atom is -0.494 e. The molecular weight excluding hydrogens is 180 g/mol. The van der Waals surface area contributed by atoms with Crippen molar-refractivity contribution in [2.24, 2.45) is 0 Å². The van der Waals surface area contributed by atoms with Gasteiger partial charge in [-0.3, -0.25) is 4.79 Å². The van der Waals surface area contributed by atoms with Gasteiger partial charge in [-0.1, -0.05) is 0 Å². The summed E-state index contributed by atoms with van der Waals surface area (Å²) in [7, 11) is 1.42. The number of hydrogen-bond acceptors (Lipinski definition) is 4. The lowest BCUT2D eigenvalue weighted by molar-refractivity contribution is 0.101. The molecule has 0 amide bonds. The van der Waals surface area contributed by atoms with E-state index in [1.807, 2.05) is 6.07 Å². The summed E-state index contributed by atoms with van der Waals surface area (Å²) in [5.41, 5.74) is 6.56. The minimum absolute atomic E-state index is 0.141. The summed E-state index contributed by atoms with van der Waals surface area (Å²) in [6.07, 6.45) is 0. The molecule has 0 heterocycles. The van der Waals surface area contributed by atoms with Crippen LogP contribution in [0.15, 0.2) is 12.1 Å². The fourth-order valence-electron chi connectivity index (χ4n) is 1.19. The molecule has 0 unspecified atom stereocenters. The molecule has 4 nitrogen and oxygen atoms in total. The molecule has 0 aromatic heterocycles. The van der Waals surface area contributed by atoms with Crippen LogP contribution in [0.5, 0.6) is 5.75 Å². The molecule has 0 aliphatic carbocycles. The summed E-state index contributed by atoms with van der Waals surface area (Å²) in [5.74, 6) is 0.134. The number of rotatable bonds is 2. The maximum atomic E-state index is 11.2. The molecule has 0 atom stereocenters. The molecule has 0 aliphatic heterocycles. The van der Waals surface area contributed by atoms with Crippen molar-refractivity contribution >= 4 is 11.5 Å². The van der Waals surface area contributed by atoms with E-state index in [1.165, 1.54) is 26.2 Å². The molecule has 1 aromatic carbocycles. The molecule has 0 aliphatic rings. The van der Waals surface area contributed by atoms with E-state index in [2.05, 4.69) is 0 Å². The summed E-state index contributed by atoms with van der Waals surface area (Å²) in [6, 6.07) is 4.97. The van der Waals surface area contributed by atoms with Crippen molar-refractivity contribution in [1.29, 1.82) is 5.26 Å². The van der Waals surface area contributed by atoms with Crippen LogP contribution in [0.3, 0.4) is 0 Å². The fourth-order valence-corrected chi connectivity index (χ4v) is 1.19. The summed E-state index contributed by atoms with van der Waals surface area (Å²) in [5, 5.41) is 8.70. The van der Waals surface area contributed by atoms with E-state index in [9.17, 15) is 4.79 Å². The highest BCUT2D eigenvalue weighted by atomic mass is 16.5. The smallest absolute Gasteiger partial charge is 0.163 e. The third-order valence-electron chi connectivity index (χ3n) is 1.90. The number of nitriles is 1. The van der Waals surface area contributed by atoms with Crippen molar-refractivity contribution in [1.82, 2.24) is 0 Å². The van der Waals surface area contributed by atoms with Crippen LogP contribution < -0.4 is 10.5 Å². The van der Waals surface area contributed by atoms with E-state index in [0.717, 1.165) is 0 Å². The lowest BCUT2D eigenvalue weighted by Crippen LogP contribution is -2.03. The third kappa shape index (κ3) is 1.52. The lowest BCUT2D eigenvalue weighted by atomic mass is 10.1. The van der Waals surface area contributed by atoms with Gasteiger partial charge in [-0.2, -0.15) is 5.26 Å². The van der Waals surface area contributed by atoms with Gasteiger partial charge in [0.2, 0.25) is 0 Å². The summed E-state index contributed by atoms with van der Waals surface area (Å²) >= 11 is 0. The molecule has 2 N–H and O–H groups in total. The van der Waals surface area contributed by atoms with Gasteiger partial charge in [0.1, 0.15) is 6.07 Å². The zero-order valence-electron chi connectivity index (χ0n) is 8.00. The Hall–Kier alpha value is -2.02. The van der Waals surface area contributed by atoms with Gasteiger partial charge in [0.05, 0.1) is 23.9 Å². The van der Waals surface area contributed by atoms with Gasteiger partial charge in [-0.05, 0) is 19.1 Å². The SMILES string of the molecule is COc1c(C(C)=O)ccc(C#N)c1N. The second-order valence-electron chi connectivity index (χ2n) is 2.78. The topological polar surface area (TPSA) is 76.1 Å². The first-order valence-corrected chi connectivity index (χ1v) is 3.99. The second kappa shape index (κ2) is 3.79. The quantitative estimate of drug-likeness (QED) is 0.564. The molecule has 0 saturated heterocycles. The summed E-state index contributed by atoms with van der Waals surface area (Å²) < 4.78 is 4.98. The van der Waals surface area contributed by atoms with E-state index in [0.29, 0.717) is 11.1 Å². The molecule has 14 heavy (non-hydrogen) atoms. The van der Waals surface area contributed by atoms with Gasteiger partial charge in [0.25, 0.3) is 0 Å². The van der Waals surface area contributed by atoms with Crippen molar-refractivity contribution in [3.8, 4) is 11.8 Å². The lowest BCUT2D eigenvalue weighted by Gasteiger charge is -2.09. The van der Waals surface area contributed by atoms with E-state index >= 15 is 0 Å². The van der Waals surface area contributed by atoms with Crippen molar-refractivity contribution < 1.29 is 9.53 Å². The molecule has 0 spiro atoms. The zero-order valence-corrected chi connectivity index (χ0v) is 8.00. The van der Waals surface area contributed by atoms with Crippen LogP contribution in [-0.4, -0.2) is 12.9 Å². The Kier molecular flexibility index (Phi) is 2.73. The number of hydrogen-bond donors (Lipinski definition) is 1. The summed E-state index contributed by atoms with van der Waals surface area (Å²) in [4.78, 5) is 11.2. The maximum absolute atomic E-state index is 11.2. The minimum atomic E-state index is -0.141. The Labute approximate surface area is 81.9 Å². The molecule has 72 valence electrons. The molecule has 1 aromatic rings. The van der Waals surface area contributed by atoms with Gasteiger partial charge in [0.15, 0.2) is 11.5 Å². The normalized spacial score (nSPS) is 9.21. The highest BCUT2D eigenvalue weighted by Gasteiger charge is 2.13. The molecule has 0 radical (unpaired) electrons. The van der Waals surface area contributed by atoms with Crippen molar-refractivity contribution in [2.75, 3.05) is 12.8 Å². The first-order chi connectivity index (χ1) is 6.61. The van der Waals surface area contributed by atoms with Gasteiger partial charge in [0, 0.05) is 0 Å². The van der Waals surface area contributed by atoms with Crippen LogP contribution in [0.2, 0.25) is 0 Å². The highest BCUT2D eigenvalue weighted by Crippen LogP contribution is 2.29. The van der Waals surface area contributed by atoms with Crippen LogP contribution >= 0.6 is 0 Å². The Morgan fingerprint density at radius 2 is 2.21 bits per heavy atom. The zero-order chi connectivity index (χ0) is 10.7. The number of ether oxygens (including phenoxy) is 1. The van der Waals surface area contributed by atoms with Crippen LogP contribution in [0.1, 0.15) is 22.8 Å². The number of carbonyl (C=O) groups is 1. The van der Waals surface area contributed by atoms with Crippen LogP contribution in [0.25, 0.3) is 0 Å². The average Bonchev–Trinajstić information content (AvgIpc) is 2.17. The predicted molar refractivity (Wildman–Crippen MR) is 52.1 cm³/mol. The number of ketones is 1. The monoisotopic (exact) mass is 190 g/mol.